The monoisotopic (exact) mass is 524 g/mol. The summed E-state index contributed by atoms with van der Waals surface area (Å²) < 4.78 is 6.03. The molecule has 7 heteroatoms. The van der Waals surface area contributed by atoms with Crippen LogP contribution in [0.5, 0.6) is 5.75 Å². The van der Waals surface area contributed by atoms with Crippen LogP contribution in [0.2, 0.25) is 0 Å². The van der Waals surface area contributed by atoms with Gasteiger partial charge >= 0.3 is 0 Å². The number of piperazine rings is 1. The van der Waals surface area contributed by atoms with Gasteiger partial charge in [-0.1, -0.05) is 6.92 Å². The van der Waals surface area contributed by atoms with Crippen molar-refractivity contribution in [3.63, 3.8) is 0 Å². The van der Waals surface area contributed by atoms with Crippen LogP contribution in [0, 0.1) is 11.8 Å². The van der Waals surface area contributed by atoms with Crippen LogP contribution in [0.1, 0.15) is 57.0 Å². The van der Waals surface area contributed by atoms with Crippen LogP contribution in [-0.4, -0.2) is 84.1 Å². The maximum absolute atomic E-state index is 13.2. The van der Waals surface area contributed by atoms with Crippen molar-refractivity contribution in [1.82, 2.24) is 19.7 Å². The quantitative estimate of drug-likeness (QED) is 0.367. The second-order valence-electron chi connectivity index (χ2n) is 11.4. The average Bonchev–Trinajstić information content (AvgIpc) is 3.50. The molecule has 0 N–H and O–H groups in total. The number of rotatable bonds is 12. The summed E-state index contributed by atoms with van der Waals surface area (Å²) >= 11 is 1.76. The fraction of sp³-hybridized carbons (Fsp3) is 0.667. The van der Waals surface area contributed by atoms with Crippen molar-refractivity contribution in [2.45, 2.75) is 65.3 Å². The van der Waals surface area contributed by atoms with Gasteiger partial charge in [0.1, 0.15) is 10.8 Å². The van der Waals surface area contributed by atoms with E-state index in [1.54, 1.807) is 11.3 Å². The second-order valence-corrected chi connectivity index (χ2v) is 12.5. The van der Waals surface area contributed by atoms with Crippen LogP contribution in [0.4, 0.5) is 0 Å². The van der Waals surface area contributed by atoms with Crippen molar-refractivity contribution < 1.29 is 9.53 Å². The molecule has 1 amide bonds. The van der Waals surface area contributed by atoms with E-state index in [0.29, 0.717) is 11.9 Å². The fourth-order valence-electron chi connectivity index (χ4n) is 5.64. The Hall–Kier alpha value is -1.96. The molecule has 2 aliphatic carbocycles. The zero-order chi connectivity index (χ0) is 25.8. The van der Waals surface area contributed by atoms with Gasteiger partial charge in [-0.3, -0.25) is 9.69 Å². The third-order valence-corrected chi connectivity index (χ3v) is 9.27. The molecule has 0 spiro atoms. The Morgan fingerprint density at radius 2 is 1.89 bits per heavy atom. The minimum atomic E-state index is 0.0861. The van der Waals surface area contributed by atoms with Gasteiger partial charge in [0, 0.05) is 74.6 Å². The van der Waals surface area contributed by atoms with Crippen molar-refractivity contribution in [2.24, 2.45) is 11.8 Å². The lowest BCUT2D eigenvalue weighted by atomic mass is 10.1. The molecular formula is C30H44N4O2S. The van der Waals surface area contributed by atoms with E-state index in [-0.39, 0.29) is 5.92 Å². The highest BCUT2D eigenvalue weighted by Gasteiger charge is 2.35. The van der Waals surface area contributed by atoms with E-state index in [1.807, 2.05) is 0 Å². The Balaban J connectivity index is 1.06. The molecule has 6 nitrogen and oxygen atoms in total. The molecule has 2 fully saturated rings. The van der Waals surface area contributed by atoms with Crippen LogP contribution in [-0.2, 0) is 17.6 Å². The minimum absolute atomic E-state index is 0.0861. The number of ether oxygens (including phenoxy) is 1. The number of fused-ring (bicyclic) bond motifs is 1. The predicted octanol–water partition coefficient (Wildman–Crippen LogP) is 4.97. The largest absolute Gasteiger partial charge is 0.494 e. The summed E-state index contributed by atoms with van der Waals surface area (Å²) in [6.45, 7) is 15.1. The zero-order valence-electron chi connectivity index (χ0n) is 23.0. The normalized spacial score (nSPS) is 20.4. The molecule has 3 aliphatic rings. The number of carbonyl (C=O) groups excluding carboxylic acids is 1. The van der Waals surface area contributed by atoms with Gasteiger partial charge < -0.3 is 14.5 Å². The highest BCUT2D eigenvalue weighted by molar-refractivity contribution is 7.15. The van der Waals surface area contributed by atoms with Gasteiger partial charge in [-0.05, 0) is 76.1 Å². The number of amides is 1. The first-order valence-corrected chi connectivity index (χ1v) is 15.3. The highest BCUT2D eigenvalue weighted by atomic mass is 32.1. The number of thiazole rings is 1. The predicted molar refractivity (Wildman–Crippen MR) is 151 cm³/mol. The summed E-state index contributed by atoms with van der Waals surface area (Å²) in [5.41, 5.74) is 2.27. The van der Waals surface area contributed by atoms with E-state index in [2.05, 4.69) is 59.7 Å². The molecule has 1 aromatic carbocycles. The molecule has 1 atom stereocenters. The first-order valence-electron chi connectivity index (χ1n) is 14.5. The van der Waals surface area contributed by atoms with Gasteiger partial charge in [-0.2, -0.15) is 0 Å². The van der Waals surface area contributed by atoms with Crippen molar-refractivity contribution in [3.8, 4) is 16.3 Å². The summed E-state index contributed by atoms with van der Waals surface area (Å²) in [7, 11) is 0. The zero-order valence-corrected chi connectivity index (χ0v) is 23.8. The molecule has 1 saturated carbocycles. The van der Waals surface area contributed by atoms with Crippen LogP contribution in [0.25, 0.3) is 10.6 Å². The first kappa shape index (κ1) is 26.6. The number of hydrogen-bond donors (Lipinski definition) is 0. The van der Waals surface area contributed by atoms with Gasteiger partial charge in [-0.15, -0.1) is 11.3 Å². The Kier molecular flexibility index (Phi) is 8.83. The van der Waals surface area contributed by atoms with Gasteiger partial charge in [0.15, 0.2) is 0 Å². The number of hydrogen-bond acceptors (Lipinski definition) is 6. The SMILES string of the molecule is CCCN(CC1CC1)C(=O)C1Cc2nc(-c3ccc(OCCCN4CCN(C(C)C)CC4)cc3)sc2C1. The molecule has 0 radical (unpaired) electrons. The van der Waals surface area contributed by atoms with E-state index in [1.165, 1.54) is 30.8 Å². The molecular weight excluding hydrogens is 480 g/mol. The van der Waals surface area contributed by atoms with Gasteiger partial charge in [-0.25, -0.2) is 4.98 Å². The van der Waals surface area contributed by atoms with Crippen molar-refractivity contribution in [1.29, 1.82) is 0 Å². The summed E-state index contributed by atoms with van der Waals surface area (Å²) in [6.07, 6.45) is 6.31. The maximum atomic E-state index is 13.2. The molecule has 1 unspecified atom stereocenters. The molecule has 0 bridgehead atoms. The second kappa shape index (κ2) is 12.3. The van der Waals surface area contributed by atoms with E-state index >= 15 is 0 Å². The van der Waals surface area contributed by atoms with E-state index < -0.39 is 0 Å². The molecule has 1 saturated heterocycles. The summed E-state index contributed by atoms with van der Waals surface area (Å²) in [6, 6.07) is 9.02. The topological polar surface area (TPSA) is 48.9 Å². The van der Waals surface area contributed by atoms with E-state index in [0.717, 1.165) is 92.9 Å². The Morgan fingerprint density at radius 1 is 1.14 bits per heavy atom. The standard InChI is InChI=1S/C30H44N4O2S/c1-4-12-34(21-23-6-7-23)30(35)25-19-27-28(20-25)37-29(31-27)24-8-10-26(11-9-24)36-18-5-13-32-14-16-33(17-15-32)22(2)3/h8-11,22-23,25H,4-7,12-21H2,1-3H3. The third kappa shape index (κ3) is 6.92. The maximum Gasteiger partial charge on any atom is 0.226 e. The van der Waals surface area contributed by atoms with E-state index in [9.17, 15) is 4.79 Å². The number of aromatic nitrogens is 1. The van der Waals surface area contributed by atoms with Crippen LogP contribution >= 0.6 is 11.3 Å². The minimum Gasteiger partial charge on any atom is -0.494 e. The highest BCUT2D eigenvalue weighted by Crippen LogP contribution is 2.37. The molecule has 1 aliphatic heterocycles. The Labute approximate surface area is 227 Å². The van der Waals surface area contributed by atoms with Crippen molar-refractivity contribution in [2.75, 3.05) is 52.4 Å². The lowest BCUT2D eigenvalue weighted by molar-refractivity contribution is -0.135. The summed E-state index contributed by atoms with van der Waals surface area (Å²) in [5, 5.41) is 1.06. The first-order chi connectivity index (χ1) is 18.0. The lowest BCUT2D eigenvalue weighted by Crippen LogP contribution is -2.49. The molecule has 5 rings (SSSR count). The Morgan fingerprint density at radius 3 is 2.54 bits per heavy atom. The Bertz CT molecular complexity index is 1000. The van der Waals surface area contributed by atoms with Crippen LogP contribution in [0.15, 0.2) is 24.3 Å². The molecule has 2 aromatic rings. The third-order valence-electron chi connectivity index (χ3n) is 8.11. The summed E-state index contributed by atoms with van der Waals surface area (Å²) in [5.74, 6) is 2.10. The summed E-state index contributed by atoms with van der Waals surface area (Å²) in [4.78, 5) is 26.7. The molecule has 1 aromatic heterocycles. The fourth-order valence-corrected chi connectivity index (χ4v) is 6.81. The average molecular weight is 525 g/mol. The number of carbonyl (C=O) groups is 1. The molecule has 202 valence electrons. The van der Waals surface area contributed by atoms with Gasteiger partial charge in [0.05, 0.1) is 12.3 Å². The van der Waals surface area contributed by atoms with E-state index in [4.69, 9.17) is 9.72 Å². The van der Waals surface area contributed by atoms with Gasteiger partial charge in [0.25, 0.3) is 0 Å². The number of nitrogens with zero attached hydrogens (tertiary/aromatic N) is 4. The van der Waals surface area contributed by atoms with Crippen LogP contribution < -0.4 is 4.74 Å². The smallest absolute Gasteiger partial charge is 0.226 e. The van der Waals surface area contributed by atoms with Gasteiger partial charge in [0.2, 0.25) is 5.91 Å². The van der Waals surface area contributed by atoms with Crippen LogP contribution in [0.3, 0.4) is 0 Å². The number of benzene rings is 1. The van der Waals surface area contributed by atoms with Crippen molar-refractivity contribution in [3.05, 3.63) is 34.8 Å². The lowest BCUT2D eigenvalue weighted by Gasteiger charge is -2.36. The van der Waals surface area contributed by atoms with Crippen molar-refractivity contribution >= 4 is 17.2 Å². The molecule has 2 heterocycles. The molecule has 37 heavy (non-hydrogen) atoms.